The monoisotopic (exact) mass is 782 g/mol. The molecule has 0 aliphatic heterocycles. The van der Waals surface area contributed by atoms with Crippen LogP contribution < -0.4 is 4.90 Å². The molecule has 0 unspecified atom stereocenters. The topological polar surface area (TPSA) is 68.2 Å². The zero-order valence-corrected chi connectivity index (χ0v) is 32.7. The molecule has 0 atom stereocenters. The molecule has 3 aromatic heterocycles. The molecule has 0 N–H and O–H groups in total. The van der Waals surface area contributed by atoms with Gasteiger partial charge in [-0.15, -0.1) is 0 Å². The zero-order valence-electron chi connectivity index (χ0n) is 32.7. The largest absolute Gasteiger partial charge is 0.456 e. The van der Waals surface area contributed by atoms with E-state index >= 15 is 0 Å². The number of nitrogens with zero attached hydrogens (tertiary/aromatic N) is 4. The Labute approximate surface area is 350 Å². The van der Waals surface area contributed by atoms with Crippen LogP contribution in [-0.2, 0) is 0 Å². The summed E-state index contributed by atoms with van der Waals surface area (Å²) < 4.78 is 13.4. The minimum absolute atomic E-state index is 0.529. The Morgan fingerprint density at radius 2 is 0.885 bits per heavy atom. The Kier molecular flexibility index (Phi) is 8.06. The second-order valence-electron chi connectivity index (χ2n) is 15.1. The summed E-state index contributed by atoms with van der Waals surface area (Å²) >= 11 is 0. The van der Waals surface area contributed by atoms with Crippen LogP contribution in [0.5, 0.6) is 0 Å². The van der Waals surface area contributed by atoms with Gasteiger partial charge in [0.05, 0.1) is 11.3 Å². The van der Waals surface area contributed by atoms with E-state index in [1.54, 1.807) is 0 Å². The maximum atomic E-state index is 6.89. The van der Waals surface area contributed by atoms with Gasteiger partial charge < -0.3 is 13.7 Å². The Hall–Kier alpha value is -8.35. The van der Waals surface area contributed by atoms with Gasteiger partial charge >= 0.3 is 0 Å². The second kappa shape index (κ2) is 14.2. The first kappa shape index (κ1) is 34.7. The SMILES string of the molecule is c1ccc(-c2cccc(N(c3ccccc3)c3cc4oc5cccc(-c6nc(-c7ccccc7)nc(-c7cccc8c7oc7ccccc78)n6)c5c4c4ccccc34)c2)cc1. The molecule has 0 radical (unpaired) electrons. The van der Waals surface area contributed by atoms with Gasteiger partial charge in [-0.05, 0) is 59.0 Å². The lowest BCUT2D eigenvalue weighted by Gasteiger charge is -2.27. The van der Waals surface area contributed by atoms with Crippen molar-refractivity contribution < 1.29 is 8.83 Å². The number of fused-ring (bicyclic) bond motifs is 8. The third kappa shape index (κ3) is 5.84. The van der Waals surface area contributed by atoms with Crippen molar-refractivity contribution in [2.24, 2.45) is 0 Å². The Morgan fingerprint density at radius 1 is 0.328 bits per heavy atom. The van der Waals surface area contributed by atoms with Gasteiger partial charge in [-0.25, -0.2) is 15.0 Å². The molecule has 3 heterocycles. The molecule has 0 aliphatic rings. The van der Waals surface area contributed by atoms with Crippen LogP contribution in [0.4, 0.5) is 17.1 Å². The highest BCUT2D eigenvalue weighted by Gasteiger charge is 2.24. The molecule has 0 aliphatic carbocycles. The maximum absolute atomic E-state index is 6.89. The quantitative estimate of drug-likeness (QED) is 0.160. The first-order valence-corrected chi connectivity index (χ1v) is 20.4. The van der Waals surface area contributed by atoms with Gasteiger partial charge in [0.25, 0.3) is 0 Å². The van der Waals surface area contributed by atoms with Crippen LogP contribution >= 0.6 is 0 Å². The fourth-order valence-corrected chi connectivity index (χ4v) is 8.75. The maximum Gasteiger partial charge on any atom is 0.167 e. The third-order valence-corrected chi connectivity index (χ3v) is 11.5. The van der Waals surface area contributed by atoms with E-state index in [1.165, 1.54) is 0 Å². The van der Waals surface area contributed by atoms with E-state index < -0.39 is 0 Å². The van der Waals surface area contributed by atoms with Gasteiger partial charge in [-0.1, -0.05) is 158 Å². The van der Waals surface area contributed by atoms with Gasteiger partial charge in [0.2, 0.25) is 0 Å². The highest BCUT2D eigenvalue weighted by Crippen LogP contribution is 2.47. The molecule has 0 spiro atoms. The number of para-hydroxylation sites is 3. The van der Waals surface area contributed by atoms with E-state index in [9.17, 15) is 0 Å². The summed E-state index contributed by atoms with van der Waals surface area (Å²) in [6.07, 6.45) is 0. The summed E-state index contributed by atoms with van der Waals surface area (Å²) in [6, 6.07) is 71.0. The minimum atomic E-state index is 0.529. The molecule has 0 saturated carbocycles. The third-order valence-electron chi connectivity index (χ3n) is 11.5. The van der Waals surface area contributed by atoms with Crippen LogP contribution in [0.1, 0.15) is 0 Å². The van der Waals surface area contributed by atoms with Crippen molar-refractivity contribution >= 4 is 71.7 Å². The number of benzene rings is 9. The second-order valence-corrected chi connectivity index (χ2v) is 15.1. The highest BCUT2D eigenvalue weighted by atomic mass is 16.3. The van der Waals surface area contributed by atoms with Gasteiger partial charge in [0, 0.05) is 55.5 Å². The van der Waals surface area contributed by atoms with Crippen molar-refractivity contribution in [3.63, 3.8) is 0 Å². The normalized spacial score (nSPS) is 11.6. The lowest BCUT2D eigenvalue weighted by Crippen LogP contribution is -2.10. The summed E-state index contributed by atoms with van der Waals surface area (Å²) in [5.74, 6) is 1.64. The molecule has 0 amide bonds. The summed E-state index contributed by atoms with van der Waals surface area (Å²) in [4.78, 5) is 17.9. The molecule has 6 heteroatoms. The van der Waals surface area contributed by atoms with Gasteiger partial charge in [-0.2, -0.15) is 0 Å². The van der Waals surface area contributed by atoms with E-state index in [-0.39, 0.29) is 0 Å². The van der Waals surface area contributed by atoms with Crippen LogP contribution in [0, 0.1) is 0 Å². The molecule has 0 fully saturated rings. The van der Waals surface area contributed by atoms with E-state index in [2.05, 4.69) is 138 Å². The highest BCUT2D eigenvalue weighted by molar-refractivity contribution is 6.25. The fourth-order valence-electron chi connectivity index (χ4n) is 8.75. The zero-order chi connectivity index (χ0) is 40.3. The molecule has 61 heavy (non-hydrogen) atoms. The molecule has 12 rings (SSSR count). The predicted molar refractivity (Wildman–Crippen MR) is 248 cm³/mol. The predicted octanol–water partition coefficient (Wildman–Crippen LogP) is 15.0. The lowest BCUT2D eigenvalue weighted by atomic mass is 9.98. The first-order chi connectivity index (χ1) is 30.2. The fraction of sp³-hybridized carbons (Fsp3) is 0. The van der Waals surface area contributed by atoms with Crippen molar-refractivity contribution in [1.82, 2.24) is 15.0 Å². The Morgan fingerprint density at radius 3 is 1.69 bits per heavy atom. The first-order valence-electron chi connectivity index (χ1n) is 20.4. The molecule has 0 bridgehead atoms. The lowest BCUT2D eigenvalue weighted by molar-refractivity contribution is 0.669. The van der Waals surface area contributed by atoms with Crippen molar-refractivity contribution in [3.8, 4) is 45.3 Å². The smallest absolute Gasteiger partial charge is 0.167 e. The van der Waals surface area contributed by atoms with E-state index in [1.807, 2.05) is 72.8 Å². The van der Waals surface area contributed by atoms with E-state index in [0.29, 0.717) is 17.5 Å². The molecule has 9 aromatic carbocycles. The van der Waals surface area contributed by atoms with Crippen LogP contribution in [0.3, 0.4) is 0 Å². The van der Waals surface area contributed by atoms with Gasteiger partial charge in [-0.3, -0.25) is 0 Å². The van der Waals surface area contributed by atoms with Crippen LogP contribution in [0.15, 0.2) is 215 Å². The molecule has 0 saturated heterocycles. The number of hydrogen-bond acceptors (Lipinski definition) is 6. The molecule has 12 aromatic rings. The average Bonchev–Trinajstić information content (AvgIpc) is 3.91. The molecule has 286 valence electrons. The molecular weight excluding hydrogens is 749 g/mol. The number of furan rings is 2. The van der Waals surface area contributed by atoms with Gasteiger partial charge in [0.15, 0.2) is 17.5 Å². The van der Waals surface area contributed by atoms with Gasteiger partial charge in [0.1, 0.15) is 22.3 Å². The van der Waals surface area contributed by atoms with Crippen molar-refractivity contribution in [3.05, 3.63) is 206 Å². The summed E-state index contributed by atoms with van der Waals surface area (Å²) in [5.41, 5.74) is 11.0. The van der Waals surface area contributed by atoms with Crippen molar-refractivity contribution in [2.75, 3.05) is 4.90 Å². The molecule has 6 nitrogen and oxygen atoms in total. The number of anilines is 3. The minimum Gasteiger partial charge on any atom is -0.456 e. The van der Waals surface area contributed by atoms with Crippen LogP contribution in [0.25, 0.3) is 99.9 Å². The van der Waals surface area contributed by atoms with E-state index in [4.69, 9.17) is 23.8 Å². The van der Waals surface area contributed by atoms with Crippen LogP contribution in [0.2, 0.25) is 0 Å². The average molecular weight is 783 g/mol. The number of aromatic nitrogens is 3. The Balaban J connectivity index is 1.10. The number of rotatable bonds is 7. The van der Waals surface area contributed by atoms with Crippen molar-refractivity contribution in [1.29, 1.82) is 0 Å². The summed E-state index contributed by atoms with van der Waals surface area (Å²) in [5, 5.41) is 6.14. The number of hydrogen-bond donors (Lipinski definition) is 0. The summed E-state index contributed by atoms with van der Waals surface area (Å²) in [6.45, 7) is 0. The van der Waals surface area contributed by atoms with E-state index in [0.717, 1.165) is 99.5 Å². The molecular formula is C55H34N4O2. The standard InChI is InChI=1S/C55H34N4O2/c1-4-17-35(18-5-1)37-21-14-24-39(33-37)59(38-22-8-3-9-23-38)46-34-49-50(42-27-11-10-25-40(42)46)51-44(29-16-32-48(51)60-49)54-56-53(36-19-6-2-7-20-36)57-55(58-54)45-30-15-28-43-41-26-12-13-31-47(41)61-52(43)45/h1-34H. The Bertz CT molecular complexity index is 3600. The summed E-state index contributed by atoms with van der Waals surface area (Å²) in [7, 11) is 0. The van der Waals surface area contributed by atoms with Crippen LogP contribution in [-0.4, -0.2) is 15.0 Å². The van der Waals surface area contributed by atoms with Crippen molar-refractivity contribution in [2.45, 2.75) is 0 Å².